The van der Waals surface area contributed by atoms with Crippen LogP contribution >= 0.6 is 23.2 Å². The van der Waals surface area contributed by atoms with E-state index in [1.165, 1.54) is 27.4 Å². The third-order valence-corrected chi connectivity index (χ3v) is 5.22. The fourth-order valence-corrected chi connectivity index (χ4v) is 3.60. The van der Waals surface area contributed by atoms with E-state index in [0.29, 0.717) is 0 Å². The Balaban J connectivity index is 1.86. The number of amides is 1. The maximum absolute atomic E-state index is 12.1. The molecule has 0 radical (unpaired) electrons. The summed E-state index contributed by atoms with van der Waals surface area (Å²) in [6.45, 7) is 0.533. The number of hydrogen-bond donors (Lipinski definition) is 0. The number of ether oxygens (including phenoxy) is 1. The Hall–Kier alpha value is -1.35. The van der Waals surface area contributed by atoms with Crippen LogP contribution in [0.15, 0.2) is 18.2 Å². The standard InChI is InChI=1S/C14H16Cl2N2O5S/c1-24(21,22)18-4-2-17(3-5-18)13(19)9-23-14(20)10-6-11(15)8-12(16)7-10/h6-8H,2-5,9H2,1H3. The first kappa shape index (κ1) is 19.0. The summed E-state index contributed by atoms with van der Waals surface area (Å²) in [5, 5.41) is 0.579. The Morgan fingerprint density at radius 3 is 2.12 bits per heavy atom. The van der Waals surface area contributed by atoms with Crippen molar-refractivity contribution in [2.24, 2.45) is 0 Å². The van der Waals surface area contributed by atoms with Crippen LogP contribution in [-0.2, 0) is 19.6 Å². The first-order valence-electron chi connectivity index (χ1n) is 7.03. The second-order valence-corrected chi connectivity index (χ2v) is 8.13. The van der Waals surface area contributed by atoms with Gasteiger partial charge in [0.1, 0.15) is 0 Å². The van der Waals surface area contributed by atoms with Crippen LogP contribution in [-0.4, -0.2) is 68.5 Å². The molecule has 1 aromatic carbocycles. The minimum Gasteiger partial charge on any atom is -0.452 e. The van der Waals surface area contributed by atoms with Crippen LogP contribution in [0.4, 0.5) is 0 Å². The number of carbonyl (C=O) groups is 2. The molecule has 0 saturated carbocycles. The number of halogens is 2. The van der Waals surface area contributed by atoms with Crippen LogP contribution in [0.1, 0.15) is 10.4 Å². The Labute approximate surface area is 150 Å². The van der Waals surface area contributed by atoms with Gasteiger partial charge < -0.3 is 9.64 Å². The van der Waals surface area contributed by atoms with Gasteiger partial charge in [-0.05, 0) is 18.2 Å². The molecule has 0 bridgehead atoms. The molecule has 0 aromatic heterocycles. The van der Waals surface area contributed by atoms with Crippen LogP contribution in [0, 0.1) is 0 Å². The molecule has 2 rings (SSSR count). The summed E-state index contributed by atoms with van der Waals surface area (Å²) in [6.07, 6.45) is 1.13. The number of carbonyl (C=O) groups excluding carboxylic acids is 2. The molecule has 0 unspecified atom stereocenters. The van der Waals surface area contributed by atoms with Gasteiger partial charge >= 0.3 is 5.97 Å². The van der Waals surface area contributed by atoms with Gasteiger partial charge in [0.15, 0.2) is 6.61 Å². The molecule has 7 nitrogen and oxygen atoms in total. The van der Waals surface area contributed by atoms with Gasteiger partial charge in [0.2, 0.25) is 10.0 Å². The van der Waals surface area contributed by atoms with Gasteiger partial charge in [-0.2, -0.15) is 4.31 Å². The third kappa shape index (κ3) is 5.07. The molecular formula is C14H16Cl2N2O5S. The van der Waals surface area contributed by atoms with Crippen LogP contribution < -0.4 is 0 Å². The lowest BCUT2D eigenvalue weighted by molar-refractivity contribution is -0.135. The van der Waals surface area contributed by atoms with Crippen LogP contribution in [0.5, 0.6) is 0 Å². The van der Waals surface area contributed by atoms with Crippen LogP contribution in [0.3, 0.4) is 0 Å². The van der Waals surface area contributed by atoms with Crippen molar-refractivity contribution in [3.63, 3.8) is 0 Å². The highest BCUT2D eigenvalue weighted by Gasteiger charge is 2.26. The summed E-state index contributed by atoms with van der Waals surface area (Å²) in [5.74, 6) is -1.09. The molecule has 0 aliphatic carbocycles. The van der Waals surface area contributed by atoms with Gasteiger partial charge in [0.25, 0.3) is 5.91 Å². The van der Waals surface area contributed by atoms with E-state index in [2.05, 4.69) is 0 Å². The zero-order valence-corrected chi connectivity index (χ0v) is 15.2. The lowest BCUT2D eigenvalue weighted by atomic mass is 10.2. The summed E-state index contributed by atoms with van der Waals surface area (Å²) >= 11 is 11.6. The summed E-state index contributed by atoms with van der Waals surface area (Å²) in [5.41, 5.74) is 0.155. The third-order valence-electron chi connectivity index (χ3n) is 3.49. The second kappa shape index (κ2) is 7.69. The van der Waals surface area contributed by atoms with E-state index in [4.69, 9.17) is 27.9 Å². The van der Waals surface area contributed by atoms with Gasteiger partial charge in [0.05, 0.1) is 11.8 Å². The van der Waals surface area contributed by atoms with E-state index in [1.54, 1.807) is 0 Å². The Morgan fingerprint density at radius 1 is 1.08 bits per heavy atom. The minimum atomic E-state index is -3.26. The molecule has 10 heteroatoms. The van der Waals surface area contributed by atoms with Crippen molar-refractivity contribution in [1.29, 1.82) is 0 Å². The molecule has 1 heterocycles. The maximum atomic E-state index is 12.1. The number of rotatable bonds is 4. The average molecular weight is 395 g/mol. The Morgan fingerprint density at radius 2 is 1.62 bits per heavy atom. The van der Waals surface area contributed by atoms with Crippen molar-refractivity contribution >= 4 is 45.1 Å². The first-order valence-corrected chi connectivity index (χ1v) is 9.63. The SMILES string of the molecule is CS(=O)(=O)N1CCN(C(=O)COC(=O)c2cc(Cl)cc(Cl)c2)CC1. The van der Waals surface area contributed by atoms with Crippen molar-refractivity contribution in [3.05, 3.63) is 33.8 Å². The van der Waals surface area contributed by atoms with Gasteiger partial charge in [0, 0.05) is 36.2 Å². The molecule has 1 amide bonds. The maximum Gasteiger partial charge on any atom is 0.338 e. The quantitative estimate of drug-likeness (QED) is 0.717. The zero-order valence-electron chi connectivity index (χ0n) is 12.9. The molecule has 0 N–H and O–H groups in total. The monoisotopic (exact) mass is 394 g/mol. The average Bonchev–Trinajstić information content (AvgIpc) is 2.50. The molecule has 132 valence electrons. The van der Waals surface area contributed by atoms with Crippen LogP contribution in [0.2, 0.25) is 10.0 Å². The number of esters is 1. The lowest BCUT2D eigenvalue weighted by Gasteiger charge is -2.33. The van der Waals surface area contributed by atoms with Crippen molar-refractivity contribution in [2.75, 3.05) is 39.0 Å². The summed E-state index contributed by atoms with van der Waals surface area (Å²) in [6, 6.07) is 4.27. The van der Waals surface area contributed by atoms with Gasteiger partial charge in [-0.3, -0.25) is 4.79 Å². The highest BCUT2D eigenvalue weighted by atomic mass is 35.5. The normalized spacial score (nSPS) is 16.0. The van der Waals surface area contributed by atoms with Gasteiger partial charge in [-0.15, -0.1) is 0 Å². The molecule has 0 spiro atoms. The predicted octanol–water partition coefficient (Wildman–Crippen LogP) is 1.25. The molecule has 24 heavy (non-hydrogen) atoms. The topological polar surface area (TPSA) is 84.0 Å². The largest absolute Gasteiger partial charge is 0.452 e. The predicted molar refractivity (Wildman–Crippen MR) is 89.7 cm³/mol. The lowest BCUT2D eigenvalue weighted by Crippen LogP contribution is -2.51. The zero-order chi connectivity index (χ0) is 17.9. The van der Waals surface area contributed by atoms with Gasteiger partial charge in [-0.1, -0.05) is 23.2 Å². The minimum absolute atomic E-state index is 0.155. The highest BCUT2D eigenvalue weighted by molar-refractivity contribution is 7.88. The van der Waals surface area contributed by atoms with Gasteiger partial charge in [-0.25, -0.2) is 13.2 Å². The number of piperazine rings is 1. The molecule has 0 atom stereocenters. The smallest absolute Gasteiger partial charge is 0.338 e. The number of benzene rings is 1. The van der Waals surface area contributed by atoms with E-state index in [1.807, 2.05) is 0 Å². The van der Waals surface area contributed by atoms with Crippen molar-refractivity contribution in [1.82, 2.24) is 9.21 Å². The molecular weight excluding hydrogens is 379 g/mol. The number of sulfonamides is 1. The number of hydrogen-bond acceptors (Lipinski definition) is 5. The fourth-order valence-electron chi connectivity index (χ4n) is 2.24. The summed E-state index contributed by atoms with van der Waals surface area (Å²) in [7, 11) is -3.26. The van der Waals surface area contributed by atoms with E-state index in [-0.39, 0.29) is 47.7 Å². The van der Waals surface area contributed by atoms with Crippen molar-refractivity contribution in [3.8, 4) is 0 Å². The van der Waals surface area contributed by atoms with Crippen LogP contribution in [0.25, 0.3) is 0 Å². The summed E-state index contributed by atoms with van der Waals surface area (Å²) in [4.78, 5) is 25.4. The van der Waals surface area contributed by atoms with E-state index in [0.717, 1.165) is 6.26 Å². The molecule has 1 aliphatic rings. The first-order chi connectivity index (χ1) is 11.2. The number of nitrogens with zero attached hydrogens (tertiary/aromatic N) is 2. The molecule has 1 aromatic rings. The molecule has 1 fully saturated rings. The highest BCUT2D eigenvalue weighted by Crippen LogP contribution is 2.19. The second-order valence-electron chi connectivity index (χ2n) is 5.28. The van der Waals surface area contributed by atoms with E-state index >= 15 is 0 Å². The Bertz CT molecular complexity index is 725. The van der Waals surface area contributed by atoms with Crippen molar-refractivity contribution in [2.45, 2.75) is 0 Å². The Kier molecular flexibility index (Phi) is 6.08. The molecule has 1 saturated heterocycles. The fraction of sp³-hybridized carbons (Fsp3) is 0.429. The van der Waals surface area contributed by atoms with E-state index < -0.39 is 22.6 Å². The van der Waals surface area contributed by atoms with Crippen molar-refractivity contribution < 1.29 is 22.7 Å². The van der Waals surface area contributed by atoms with E-state index in [9.17, 15) is 18.0 Å². The molecule has 1 aliphatic heterocycles. The summed E-state index contributed by atoms with van der Waals surface area (Å²) < 4.78 is 29.1.